The van der Waals surface area contributed by atoms with E-state index in [1.807, 2.05) is 6.07 Å². The summed E-state index contributed by atoms with van der Waals surface area (Å²) in [6.07, 6.45) is 2.33. The maximum atomic E-state index is 12.1. The molecule has 1 aliphatic heterocycles. The standard InChI is InChI=1S/C13H15N5O2S/c19-12-4-3-9(8-1-2-8)17-18(12)11-6-20-5-10(11)15-13-16-14-7-21-13/h3-4,7-8,10-11H,1-2,5-6H2,(H,15,16). The normalized spacial score (nSPS) is 25.1. The maximum Gasteiger partial charge on any atom is 0.267 e. The average Bonchev–Trinajstić information content (AvgIpc) is 3.03. The summed E-state index contributed by atoms with van der Waals surface area (Å²) in [5.41, 5.74) is 2.60. The summed E-state index contributed by atoms with van der Waals surface area (Å²) in [6, 6.07) is 3.33. The zero-order valence-corrected chi connectivity index (χ0v) is 12.1. The van der Waals surface area contributed by atoms with Crippen LogP contribution < -0.4 is 10.9 Å². The number of ether oxygens (including phenoxy) is 1. The Morgan fingerprint density at radius 2 is 2.24 bits per heavy atom. The Balaban J connectivity index is 1.61. The summed E-state index contributed by atoms with van der Waals surface area (Å²) in [5, 5.41) is 16.4. The van der Waals surface area contributed by atoms with Gasteiger partial charge in [0.1, 0.15) is 11.6 Å². The molecule has 2 aromatic rings. The van der Waals surface area contributed by atoms with Crippen LogP contribution in [0.15, 0.2) is 22.4 Å². The van der Waals surface area contributed by atoms with Gasteiger partial charge in [-0.25, -0.2) is 4.68 Å². The Labute approximate surface area is 125 Å². The molecule has 2 fully saturated rings. The van der Waals surface area contributed by atoms with Gasteiger partial charge in [-0.05, 0) is 18.9 Å². The topological polar surface area (TPSA) is 81.9 Å². The fourth-order valence-corrected chi connectivity index (χ4v) is 3.10. The summed E-state index contributed by atoms with van der Waals surface area (Å²) in [5.74, 6) is 0.522. The Hall–Kier alpha value is -1.80. The van der Waals surface area contributed by atoms with Crippen LogP contribution in [0.3, 0.4) is 0 Å². The van der Waals surface area contributed by atoms with Crippen LogP contribution in [-0.4, -0.2) is 39.2 Å². The number of aromatic nitrogens is 4. The van der Waals surface area contributed by atoms with Crippen molar-refractivity contribution in [2.45, 2.75) is 30.8 Å². The molecule has 1 saturated carbocycles. The number of nitrogens with zero attached hydrogens (tertiary/aromatic N) is 4. The summed E-state index contributed by atoms with van der Waals surface area (Å²) in [6.45, 7) is 1.02. The van der Waals surface area contributed by atoms with Crippen LogP contribution in [0.5, 0.6) is 0 Å². The SMILES string of the molecule is O=c1ccc(C2CC2)nn1C1COCC1Nc1nncs1. The molecular formula is C13H15N5O2S. The lowest BCUT2D eigenvalue weighted by Gasteiger charge is -2.20. The summed E-state index contributed by atoms with van der Waals surface area (Å²) in [4.78, 5) is 12.1. The van der Waals surface area contributed by atoms with Crippen LogP contribution in [0.4, 0.5) is 5.13 Å². The summed E-state index contributed by atoms with van der Waals surface area (Å²) in [7, 11) is 0. The predicted molar refractivity (Wildman–Crippen MR) is 77.6 cm³/mol. The molecule has 0 bridgehead atoms. The highest BCUT2D eigenvalue weighted by atomic mass is 32.1. The van der Waals surface area contributed by atoms with E-state index < -0.39 is 0 Å². The number of anilines is 1. The molecule has 2 unspecified atom stereocenters. The van der Waals surface area contributed by atoms with E-state index in [9.17, 15) is 4.79 Å². The molecule has 0 aromatic carbocycles. The molecule has 8 heteroatoms. The van der Waals surface area contributed by atoms with Gasteiger partial charge in [-0.1, -0.05) is 11.3 Å². The monoisotopic (exact) mass is 305 g/mol. The lowest BCUT2D eigenvalue weighted by atomic mass is 10.2. The van der Waals surface area contributed by atoms with E-state index in [2.05, 4.69) is 20.6 Å². The van der Waals surface area contributed by atoms with Crippen LogP contribution in [0, 0.1) is 0 Å². The van der Waals surface area contributed by atoms with Crippen LogP contribution >= 0.6 is 11.3 Å². The van der Waals surface area contributed by atoms with Gasteiger partial charge < -0.3 is 10.1 Å². The van der Waals surface area contributed by atoms with Gasteiger partial charge in [0, 0.05) is 12.0 Å². The number of hydrogen-bond acceptors (Lipinski definition) is 7. The van der Waals surface area contributed by atoms with Crippen LogP contribution in [0.25, 0.3) is 0 Å². The molecule has 3 heterocycles. The number of nitrogens with one attached hydrogen (secondary N) is 1. The third-order valence-corrected chi connectivity index (χ3v) is 4.50. The Morgan fingerprint density at radius 3 is 3.00 bits per heavy atom. The minimum atomic E-state index is -0.111. The van der Waals surface area contributed by atoms with E-state index in [1.54, 1.807) is 16.3 Å². The first-order chi connectivity index (χ1) is 10.3. The first-order valence-electron chi connectivity index (χ1n) is 7.01. The molecule has 2 aliphatic rings. The van der Waals surface area contributed by atoms with Crippen molar-refractivity contribution in [1.29, 1.82) is 0 Å². The van der Waals surface area contributed by atoms with E-state index in [0.29, 0.717) is 19.1 Å². The number of rotatable bonds is 4. The van der Waals surface area contributed by atoms with Gasteiger partial charge >= 0.3 is 0 Å². The molecule has 21 heavy (non-hydrogen) atoms. The summed E-state index contributed by atoms with van der Waals surface area (Å²) < 4.78 is 7.11. The van der Waals surface area contributed by atoms with Gasteiger partial charge in [0.15, 0.2) is 0 Å². The van der Waals surface area contributed by atoms with Gasteiger partial charge in [-0.2, -0.15) is 5.10 Å². The second-order valence-electron chi connectivity index (χ2n) is 5.41. The van der Waals surface area contributed by atoms with E-state index >= 15 is 0 Å². The molecule has 1 N–H and O–H groups in total. The third-order valence-electron chi connectivity index (χ3n) is 3.87. The van der Waals surface area contributed by atoms with Crippen molar-refractivity contribution in [1.82, 2.24) is 20.0 Å². The predicted octanol–water partition coefficient (Wildman–Crippen LogP) is 1.02. The second-order valence-corrected chi connectivity index (χ2v) is 6.25. The second kappa shape index (κ2) is 5.19. The van der Waals surface area contributed by atoms with Crippen molar-refractivity contribution in [3.63, 3.8) is 0 Å². The largest absolute Gasteiger partial charge is 0.377 e. The highest BCUT2D eigenvalue weighted by Gasteiger charge is 2.33. The Morgan fingerprint density at radius 1 is 1.33 bits per heavy atom. The van der Waals surface area contributed by atoms with E-state index in [4.69, 9.17) is 4.74 Å². The van der Waals surface area contributed by atoms with Crippen molar-refractivity contribution >= 4 is 16.5 Å². The molecule has 0 radical (unpaired) electrons. The smallest absolute Gasteiger partial charge is 0.267 e. The van der Waals surface area contributed by atoms with Gasteiger partial charge in [0.2, 0.25) is 5.13 Å². The highest BCUT2D eigenvalue weighted by molar-refractivity contribution is 7.13. The van der Waals surface area contributed by atoms with E-state index in [0.717, 1.165) is 10.8 Å². The lowest BCUT2D eigenvalue weighted by Crippen LogP contribution is -2.37. The Bertz CT molecular complexity index is 682. The average molecular weight is 305 g/mol. The molecule has 7 nitrogen and oxygen atoms in total. The van der Waals surface area contributed by atoms with Crippen molar-refractivity contribution in [2.75, 3.05) is 18.5 Å². The first kappa shape index (κ1) is 12.9. The highest BCUT2D eigenvalue weighted by Crippen LogP contribution is 2.38. The minimum absolute atomic E-state index is 0.0161. The molecule has 1 saturated heterocycles. The third kappa shape index (κ3) is 2.56. The first-order valence-corrected chi connectivity index (χ1v) is 7.89. The van der Waals surface area contributed by atoms with Crippen molar-refractivity contribution in [3.05, 3.63) is 33.7 Å². The zero-order chi connectivity index (χ0) is 14.2. The van der Waals surface area contributed by atoms with E-state index in [1.165, 1.54) is 24.2 Å². The molecule has 4 rings (SSSR count). The molecule has 1 aliphatic carbocycles. The molecule has 0 amide bonds. The lowest BCUT2D eigenvalue weighted by molar-refractivity contribution is 0.182. The number of hydrogen-bond donors (Lipinski definition) is 1. The molecule has 0 spiro atoms. The van der Waals surface area contributed by atoms with Gasteiger partial charge in [0.25, 0.3) is 5.56 Å². The fourth-order valence-electron chi connectivity index (χ4n) is 2.59. The molecule has 2 aromatic heterocycles. The van der Waals surface area contributed by atoms with Crippen molar-refractivity contribution in [2.24, 2.45) is 0 Å². The molecule has 2 atom stereocenters. The van der Waals surface area contributed by atoms with E-state index in [-0.39, 0.29) is 17.6 Å². The quantitative estimate of drug-likeness (QED) is 0.908. The Kier molecular flexibility index (Phi) is 3.19. The van der Waals surface area contributed by atoms with Gasteiger partial charge in [0.05, 0.1) is 24.9 Å². The van der Waals surface area contributed by atoms with Crippen LogP contribution in [-0.2, 0) is 4.74 Å². The minimum Gasteiger partial charge on any atom is -0.377 e. The van der Waals surface area contributed by atoms with Gasteiger partial charge in [-0.3, -0.25) is 4.79 Å². The summed E-state index contributed by atoms with van der Waals surface area (Å²) >= 11 is 1.43. The van der Waals surface area contributed by atoms with Crippen molar-refractivity contribution in [3.8, 4) is 0 Å². The molecule has 110 valence electrons. The molecular weight excluding hydrogens is 290 g/mol. The fraction of sp³-hybridized carbons (Fsp3) is 0.538. The van der Waals surface area contributed by atoms with Gasteiger partial charge in [-0.15, -0.1) is 10.2 Å². The van der Waals surface area contributed by atoms with Crippen molar-refractivity contribution < 1.29 is 4.74 Å². The van der Waals surface area contributed by atoms with Crippen LogP contribution in [0.1, 0.15) is 30.5 Å². The zero-order valence-electron chi connectivity index (χ0n) is 11.3. The maximum absolute atomic E-state index is 12.1. The van der Waals surface area contributed by atoms with Crippen LogP contribution in [0.2, 0.25) is 0 Å².